The lowest BCUT2D eigenvalue weighted by molar-refractivity contribution is -0.123. The van der Waals surface area contributed by atoms with Gasteiger partial charge in [0.05, 0.1) is 22.9 Å². The molecule has 1 aromatic carbocycles. The first-order chi connectivity index (χ1) is 14.7. The van der Waals surface area contributed by atoms with Crippen LogP contribution in [0.25, 0.3) is 0 Å². The highest BCUT2D eigenvalue weighted by molar-refractivity contribution is 7.94. The number of hydrogen-bond acceptors (Lipinski definition) is 6. The van der Waals surface area contributed by atoms with E-state index in [1.807, 2.05) is 11.4 Å². The number of carbonyl (C=O) groups excluding carboxylic acids is 2. The van der Waals surface area contributed by atoms with Gasteiger partial charge in [-0.1, -0.05) is 12.1 Å². The fourth-order valence-corrected chi connectivity index (χ4v) is 7.23. The molecule has 0 saturated carbocycles. The predicted octanol–water partition coefficient (Wildman–Crippen LogP) is 3.02. The van der Waals surface area contributed by atoms with Crippen LogP contribution in [0.5, 0.6) is 0 Å². The maximum absolute atomic E-state index is 12.9. The van der Waals surface area contributed by atoms with Crippen molar-refractivity contribution >= 4 is 38.9 Å². The second kappa shape index (κ2) is 8.37. The molecule has 2 fully saturated rings. The van der Waals surface area contributed by atoms with Gasteiger partial charge in [0, 0.05) is 17.0 Å². The van der Waals surface area contributed by atoms with Crippen molar-refractivity contribution in [2.24, 2.45) is 5.41 Å². The van der Waals surface area contributed by atoms with Gasteiger partial charge in [-0.15, -0.1) is 11.3 Å². The van der Waals surface area contributed by atoms with Gasteiger partial charge in [0.1, 0.15) is 0 Å². The molecule has 166 valence electrons. The zero-order valence-electron chi connectivity index (χ0n) is 17.7. The summed E-state index contributed by atoms with van der Waals surface area (Å²) in [6, 6.07) is 10.5. The van der Waals surface area contributed by atoms with E-state index in [-0.39, 0.29) is 23.4 Å². The molecule has 2 aliphatic rings. The van der Waals surface area contributed by atoms with Crippen molar-refractivity contribution in [1.29, 1.82) is 0 Å². The second-order valence-corrected chi connectivity index (χ2v) is 11.5. The molecular weight excluding hydrogens is 434 g/mol. The summed E-state index contributed by atoms with van der Waals surface area (Å²) in [7, 11) is -3.76. The summed E-state index contributed by atoms with van der Waals surface area (Å²) in [5, 5.41) is 5.04. The van der Waals surface area contributed by atoms with Gasteiger partial charge in [0.25, 0.3) is 5.91 Å². The average Bonchev–Trinajstić information content (AvgIpc) is 3.44. The van der Waals surface area contributed by atoms with Crippen LogP contribution in [0.1, 0.15) is 48.0 Å². The number of sulfonamides is 1. The lowest BCUT2D eigenvalue weighted by Gasteiger charge is -2.27. The van der Waals surface area contributed by atoms with Crippen LogP contribution in [0.3, 0.4) is 0 Å². The first-order valence-electron chi connectivity index (χ1n) is 10.4. The summed E-state index contributed by atoms with van der Waals surface area (Å²) < 4.78 is 26.0. The molecule has 4 rings (SSSR count). The van der Waals surface area contributed by atoms with Crippen LogP contribution >= 0.6 is 11.3 Å². The Morgan fingerprint density at radius 3 is 2.55 bits per heavy atom. The van der Waals surface area contributed by atoms with Gasteiger partial charge in [-0.05, 0) is 69.4 Å². The number of nitrogens with one attached hydrogen (secondary N) is 1. The summed E-state index contributed by atoms with van der Waals surface area (Å²) in [5.74, 6) is -1.00. The molecule has 2 saturated heterocycles. The quantitative estimate of drug-likeness (QED) is 0.715. The van der Waals surface area contributed by atoms with Gasteiger partial charge in [-0.3, -0.25) is 14.5 Å². The van der Waals surface area contributed by atoms with E-state index >= 15 is 0 Å². The lowest BCUT2D eigenvalue weighted by atomic mass is 9.95. The molecular formula is C22H27N3O4S2. The second-order valence-electron chi connectivity index (χ2n) is 8.74. The van der Waals surface area contributed by atoms with Crippen LogP contribution in [0.4, 0.5) is 5.69 Å². The van der Waals surface area contributed by atoms with E-state index in [0.717, 1.165) is 30.2 Å². The van der Waals surface area contributed by atoms with Gasteiger partial charge in [-0.2, -0.15) is 0 Å². The molecule has 0 bridgehead atoms. The zero-order chi connectivity index (χ0) is 22.2. The van der Waals surface area contributed by atoms with E-state index < -0.39 is 21.3 Å². The summed E-state index contributed by atoms with van der Waals surface area (Å²) in [5.41, 5.74) is -0.449. The van der Waals surface area contributed by atoms with Crippen LogP contribution in [-0.4, -0.2) is 50.5 Å². The van der Waals surface area contributed by atoms with Crippen molar-refractivity contribution in [3.63, 3.8) is 0 Å². The molecule has 9 heteroatoms. The molecule has 7 nitrogen and oxygen atoms in total. The molecule has 0 spiro atoms. The van der Waals surface area contributed by atoms with Gasteiger partial charge >= 0.3 is 0 Å². The fraction of sp³-hybridized carbons (Fsp3) is 0.455. The molecule has 1 N–H and O–H groups in total. The Morgan fingerprint density at radius 2 is 1.94 bits per heavy atom. The zero-order valence-corrected chi connectivity index (χ0v) is 19.3. The van der Waals surface area contributed by atoms with Crippen molar-refractivity contribution in [3.8, 4) is 0 Å². The van der Waals surface area contributed by atoms with Crippen LogP contribution in [0, 0.1) is 5.41 Å². The topological polar surface area (TPSA) is 86.8 Å². The molecule has 0 aliphatic carbocycles. The highest BCUT2D eigenvalue weighted by Gasteiger charge is 2.50. The van der Waals surface area contributed by atoms with E-state index in [1.54, 1.807) is 43.4 Å². The predicted molar refractivity (Wildman–Crippen MR) is 122 cm³/mol. The van der Waals surface area contributed by atoms with Crippen molar-refractivity contribution in [3.05, 3.63) is 52.2 Å². The minimum atomic E-state index is -3.76. The molecule has 1 unspecified atom stereocenters. The van der Waals surface area contributed by atoms with Crippen LogP contribution < -0.4 is 9.62 Å². The van der Waals surface area contributed by atoms with E-state index in [2.05, 4.69) is 16.3 Å². The molecule has 0 radical (unpaired) electrons. The smallest absolute Gasteiger partial charge is 0.251 e. The number of benzene rings is 1. The van der Waals surface area contributed by atoms with Crippen molar-refractivity contribution in [2.45, 2.75) is 32.7 Å². The Kier molecular flexibility index (Phi) is 5.93. The monoisotopic (exact) mass is 461 g/mol. The van der Waals surface area contributed by atoms with Gasteiger partial charge in [-0.25, -0.2) is 12.7 Å². The molecule has 1 aromatic heterocycles. The summed E-state index contributed by atoms with van der Waals surface area (Å²) >= 11 is 1.68. The number of nitrogens with zero attached hydrogens (tertiary/aromatic N) is 2. The van der Waals surface area contributed by atoms with Gasteiger partial charge < -0.3 is 5.32 Å². The van der Waals surface area contributed by atoms with Crippen molar-refractivity contribution < 1.29 is 18.0 Å². The maximum Gasteiger partial charge on any atom is 0.251 e. The van der Waals surface area contributed by atoms with Crippen LogP contribution in [0.15, 0.2) is 41.8 Å². The molecule has 2 aromatic rings. The minimum Gasteiger partial charge on any atom is -0.350 e. The van der Waals surface area contributed by atoms with Crippen molar-refractivity contribution in [2.75, 3.05) is 29.7 Å². The Labute approximate surface area is 187 Å². The SMILES string of the molecule is CC1(C)CS(=O)(=O)N(c2cccc(C(=O)NCC(c3cccs3)N3CCCC3)c2)C1=O. The number of likely N-dealkylation sites (tertiary alicyclic amines) is 1. The number of rotatable bonds is 6. The Balaban J connectivity index is 1.51. The highest BCUT2D eigenvalue weighted by atomic mass is 32.2. The molecule has 2 amide bonds. The minimum absolute atomic E-state index is 0.121. The fourth-order valence-electron chi connectivity index (χ4n) is 4.27. The average molecular weight is 462 g/mol. The van der Waals surface area contributed by atoms with E-state index in [1.165, 1.54) is 10.9 Å². The summed E-state index contributed by atoms with van der Waals surface area (Å²) in [6.07, 6.45) is 2.32. The molecule has 1 atom stereocenters. The first kappa shape index (κ1) is 22.0. The van der Waals surface area contributed by atoms with Crippen LogP contribution in [-0.2, 0) is 14.8 Å². The number of amides is 2. The third kappa shape index (κ3) is 4.40. The first-order valence-corrected chi connectivity index (χ1v) is 12.9. The van der Waals surface area contributed by atoms with Crippen molar-refractivity contribution in [1.82, 2.24) is 10.2 Å². The van der Waals surface area contributed by atoms with Crippen LogP contribution in [0.2, 0.25) is 0 Å². The summed E-state index contributed by atoms with van der Waals surface area (Å²) in [4.78, 5) is 29.2. The third-order valence-electron chi connectivity index (χ3n) is 5.84. The Hall–Kier alpha value is -2.23. The highest BCUT2D eigenvalue weighted by Crippen LogP contribution is 2.36. The molecule has 2 aliphatic heterocycles. The van der Waals surface area contributed by atoms with Gasteiger partial charge in [0.2, 0.25) is 15.9 Å². The Bertz CT molecular complexity index is 1070. The van der Waals surface area contributed by atoms with E-state index in [9.17, 15) is 18.0 Å². The molecule has 31 heavy (non-hydrogen) atoms. The maximum atomic E-state index is 12.9. The number of carbonyl (C=O) groups is 2. The lowest BCUT2D eigenvalue weighted by Crippen LogP contribution is -2.36. The number of thiophene rings is 1. The standard InChI is InChI=1S/C22H27N3O4S2/c1-22(2)15-31(28,29)25(21(22)27)17-8-5-7-16(13-17)20(26)23-14-18(19-9-6-12-30-19)24-10-3-4-11-24/h5-9,12-13,18H,3-4,10-11,14-15H2,1-2H3,(H,23,26). The summed E-state index contributed by atoms with van der Waals surface area (Å²) in [6.45, 7) is 5.73. The number of hydrogen-bond donors (Lipinski definition) is 1. The molecule has 3 heterocycles. The van der Waals surface area contributed by atoms with E-state index in [4.69, 9.17) is 0 Å². The van der Waals surface area contributed by atoms with E-state index in [0.29, 0.717) is 12.1 Å². The van der Waals surface area contributed by atoms with Gasteiger partial charge in [0.15, 0.2) is 0 Å². The largest absolute Gasteiger partial charge is 0.350 e. The normalized spacial score (nSPS) is 21.4. The number of anilines is 1. The third-order valence-corrected chi connectivity index (χ3v) is 8.83. The Morgan fingerprint density at radius 1 is 1.19 bits per heavy atom.